The number of nitro benzene ring substituents is 2. The van der Waals surface area contributed by atoms with Crippen LogP contribution in [0, 0.1) is 25.6 Å². The minimum atomic E-state index is -0.816. The van der Waals surface area contributed by atoms with Gasteiger partial charge in [-0.2, -0.15) is 0 Å². The molecule has 0 aliphatic heterocycles. The lowest BCUT2D eigenvalue weighted by molar-refractivity contribution is -0.394. The molecule has 78 valence electrons. The highest BCUT2D eigenvalue weighted by atomic mass is 16.6. The fourth-order valence-corrected chi connectivity index (χ4v) is 1.01. The van der Waals surface area contributed by atoms with Crippen molar-refractivity contribution in [1.82, 2.24) is 0 Å². The van der Waals surface area contributed by atoms with Gasteiger partial charge in [0.1, 0.15) is 5.84 Å². The number of hydrogen-bond donors (Lipinski definition) is 2. The molecule has 0 aliphatic rings. The minimum Gasteiger partial charge on any atom is -0.383 e. The van der Waals surface area contributed by atoms with Gasteiger partial charge in [0, 0.05) is 6.07 Å². The third kappa shape index (κ3) is 2.05. The maximum absolute atomic E-state index is 10.5. The highest BCUT2D eigenvalue weighted by Crippen LogP contribution is 2.23. The molecule has 0 amide bonds. The molecule has 0 heterocycles. The van der Waals surface area contributed by atoms with Crippen LogP contribution in [-0.2, 0) is 0 Å². The summed E-state index contributed by atoms with van der Waals surface area (Å²) >= 11 is 0. The number of nitrogens with one attached hydrogen (secondary N) is 1. The normalized spacial score (nSPS) is 9.60. The SMILES string of the molecule is N=C(N)c1ccc([N+](=O)[O-])cc1[N+](=O)[O-]. The zero-order valence-corrected chi connectivity index (χ0v) is 7.34. The van der Waals surface area contributed by atoms with Gasteiger partial charge in [0.2, 0.25) is 0 Å². The van der Waals surface area contributed by atoms with Crippen LogP contribution in [-0.4, -0.2) is 15.7 Å². The molecule has 0 bridgehead atoms. The summed E-state index contributed by atoms with van der Waals surface area (Å²) in [6, 6.07) is 2.92. The minimum absolute atomic E-state index is 0.134. The van der Waals surface area contributed by atoms with Crippen molar-refractivity contribution in [2.45, 2.75) is 0 Å². The molecule has 8 heteroatoms. The molecule has 15 heavy (non-hydrogen) atoms. The molecule has 1 aromatic carbocycles. The fraction of sp³-hybridized carbons (Fsp3) is 0. The van der Waals surface area contributed by atoms with Crippen molar-refractivity contribution in [3.63, 3.8) is 0 Å². The summed E-state index contributed by atoms with van der Waals surface area (Å²) in [5.74, 6) is -0.503. The van der Waals surface area contributed by atoms with E-state index in [1.54, 1.807) is 0 Å². The molecular weight excluding hydrogens is 204 g/mol. The van der Waals surface area contributed by atoms with E-state index in [0.29, 0.717) is 0 Å². The first kappa shape index (κ1) is 10.6. The van der Waals surface area contributed by atoms with Gasteiger partial charge in [-0.05, 0) is 6.07 Å². The molecular formula is C7H6N4O4. The Morgan fingerprint density at radius 1 is 1.27 bits per heavy atom. The molecule has 0 saturated carbocycles. The molecule has 0 aromatic heterocycles. The standard InChI is InChI=1S/C7H6N4O4/c8-7(9)5-2-1-4(10(12)13)3-6(5)11(14)15/h1-3H,(H3,8,9). The van der Waals surface area contributed by atoms with Crippen molar-refractivity contribution < 1.29 is 9.85 Å². The van der Waals surface area contributed by atoms with Gasteiger partial charge >= 0.3 is 0 Å². The Labute approximate surface area is 83.1 Å². The van der Waals surface area contributed by atoms with Crippen molar-refractivity contribution in [3.05, 3.63) is 44.0 Å². The molecule has 1 rings (SSSR count). The highest BCUT2D eigenvalue weighted by Gasteiger charge is 2.20. The number of nitrogens with two attached hydrogens (primary N) is 1. The summed E-state index contributed by atoms with van der Waals surface area (Å²) in [5, 5.41) is 27.9. The van der Waals surface area contributed by atoms with Crippen LogP contribution in [0.15, 0.2) is 18.2 Å². The van der Waals surface area contributed by atoms with Gasteiger partial charge in [-0.1, -0.05) is 0 Å². The second-order valence-corrected chi connectivity index (χ2v) is 2.63. The van der Waals surface area contributed by atoms with Gasteiger partial charge in [0.15, 0.2) is 0 Å². The summed E-state index contributed by atoms with van der Waals surface area (Å²) in [7, 11) is 0. The molecule has 0 unspecified atom stereocenters. The average Bonchev–Trinajstić information content (AvgIpc) is 2.16. The molecule has 0 radical (unpaired) electrons. The zero-order valence-electron chi connectivity index (χ0n) is 7.34. The van der Waals surface area contributed by atoms with Crippen LogP contribution in [0.4, 0.5) is 11.4 Å². The van der Waals surface area contributed by atoms with E-state index in [1.807, 2.05) is 0 Å². The van der Waals surface area contributed by atoms with E-state index in [4.69, 9.17) is 11.1 Å². The Kier molecular flexibility index (Phi) is 2.61. The molecule has 1 aromatic rings. The molecule has 0 aliphatic carbocycles. The third-order valence-electron chi connectivity index (χ3n) is 1.68. The highest BCUT2D eigenvalue weighted by molar-refractivity contribution is 5.99. The van der Waals surface area contributed by atoms with Crippen LogP contribution in [0.5, 0.6) is 0 Å². The quantitative estimate of drug-likeness (QED) is 0.329. The summed E-state index contributed by atoms with van der Waals surface area (Å²) in [6.07, 6.45) is 0. The maximum Gasteiger partial charge on any atom is 0.287 e. The van der Waals surface area contributed by atoms with Crippen LogP contribution < -0.4 is 5.73 Å². The number of amidine groups is 1. The van der Waals surface area contributed by atoms with Crippen molar-refractivity contribution in [2.75, 3.05) is 0 Å². The van der Waals surface area contributed by atoms with Gasteiger partial charge < -0.3 is 5.73 Å². The molecule has 0 atom stereocenters. The smallest absolute Gasteiger partial charge is 0.287 e. The van der Waals surface area contributed by atoms with E-state index in [9.17, 15) is 20.2 Å². The Morgan fingerprint density at radius 3 is 2.27 bits per heavy atom. The first-order chi connectivity index (χ1) is 6.93. The Morgan fingerprint density at radius 2 is 1.87 bits per heavy atom. The predicted octanol–water partition coefficient (Wildman–Crippen LogP) is 0.787. The topological polar surface area (TPSA) is 136 Å². The van der Waals surface area contributed by atoms with Gasteiger partial charge in [-0.25, -0.2) is 0 Å². The van der Waals surface area contributed by atoms with E-state index >= 15 is 0 Å². The van der Waals surface area contributed by atoms with Crippen molar-refractivity contribution in [1.29, 1.82) is 5.41 Å². The van der Waals surface area contributed by atoms with Crippen LogP contribution in [0.3, 0.4) is 0 Å². The number of hydrogen-bond acceptors (Lipinski definition) is 5. The zero-order chi connectivity index (χ0) is 11.6. The average molecular weight is 210 g/mol. The molecule has 8 nitrogen and oxygen atoms in total. The van der Waals surface area contributed by atoms with E-state index in [2.05, 4.69) is 0 Å². The van der Waals surface area contributed by atoms with E-state index in [1.165, 1.54) is 0 Å². The van der Waals surface area contributed by atoms with Crippen molar-refractivity contribution >= 4 is 17.2 Å². The lowest BCUT2D eigenvalue weighted by Gasteiger charge is -1.99. The lowest BCUT2D eigenvalue weighted by Crippen LogP contribution is -2.13. The van der Waals surface area contributed by atoms with Crippen LogP contribution in [0.25, 0.3) is 0 Å². The molecule has 0 spiro atoms. The summed E-state index contributed by atoms with van der Waals surface area (Å²) < 4.78 is 0. The van der Waals surface area contributed by atoms with Crippen molar-refractivity contribution in [2.24, 2.45) is 5.73 Å². The van der Waals surface area contributed by atoms with Gasteiger partial charge in [-0.15, -0.1) is 0 Å². The van der Waals surface area contributed by atoms with Crippen LogP contribution >= 0.6 is 0 Å². The summed E-state index contributed by atoms with van der Waals surface area (Å²) in [5.41, 5.74) is 4.00. The number of benzene rings is 1. The number of nitro groups is 2. The lowest BCUT2D eigenvalue weighted by atomic mass is 10.1. The number of nitrogen functional groups attached to an aromatic ring is 1. The predicted molar refractivity (Wildman–Crippen MR) is 50.8 cm³/mol. The van der Waals surface area contributed by atoms with Gasteiger partial charge in [0.05, 0.1) is 21.5 Å². The summed E-state index contributed by atoms with van der Waals surface area (Å²) in [4.78, 5) is 19.3. The fourth-order valence-electron chi connectivity index (χ4n) is 1.01. The van der Waals surface area contributed by atoms with E-state index < -0.39 is 27.1 Å². The van der Waals surface area contributed by atoms with Crippen molar-refractivity contribution in [3.8, 4) is 0 Å². The van der Waals surface area contributed by atoms with E-state index in [0.717, 1.165) is 18.2 Å². The Bertz CT molecular complexity index is 456. The third-order valence-corrected chi connectivity index (χ3v) is 1.68. The maximum atomic E-state index is 10.5. The van der Waals surface area contributed by atoms with Crippen LogP contribution in [0.1, 0.15) is 5.56 Å². The molecule has 0 fully saturated rings. The monoisotopic (exact) mass is 210 g/mol. The van der Waals surface area contributed by atoms with Crippen LogP contribution in [0.2, 0.25) is 0 Å². The molecule has 3 N–H and O–H groups in total. The Balaban J connectivity index is 3.40. The Hall–Kier alpha value is -2.51. The van der Waals surface area contributed by atoms with Gasteiger partial charge in [-0.3, -0.25) is 25.6 Å². The van der Waals surface area contributed by atoms with E-state index in [-0.39, 0.29) is 5.56 Å². The first-order valence-corrected chi connectivity index (χ1v) is 3.70. The second kappa shape index (κ2) is 3.70. The van der Waals surface area contributed by atoms with Gasteiger partial charge in [0.25, 0.3) is 11.4 Å². The number of rotatable bonds is 3. The number of non-ortho nitro benzene ring substituents is 1. The largest absolute Gasteiger partial charge is 0.383 e. The summed E-state index contributed by atoms with van der Waals surface area (Å²) in [6.45, 7) is 0. The number of nitrogens with zero attached hydrogens (tertiary/aromatic N) is 2. The molecule has 0 saturated heterocycles. The second-order valence-electron chi connectivity index (χ2n) is 2.63. The first-order valence-electron chi connectivity index (χ1n) is 3.70.